The van der Waals surface area contributed by atoms with Gasteiger partial charge in [0.25, 0.3) is 0 Å². The molecule has 0 amide bonds. The highest BCUT2D eigenvalue weighted by molar-refractivity contribution is 5.66. The molecule has 4 atom stereocenters. The normalized spacial score (nSPS) is 40.9. The summed E-state index contributed by atoms with van der Waals surface area (Å²) in [6.45, 7) is 1.38. The Kier molecular flexibility index (Phi) is 2.44. The molecule has 0 aromatic carbocycles. The van der Waals surface area contributed by atoms with Gasteiger partial charge in [0.15, 0.2) is 23.9 Å². The third-order valence-electron chi connectivity index (χ3n) is 3.13. The largest absolute Gasteiger partial charge is 0.509 e. The topological polar surface area (TPSA) is 107 Å². The Morgan fingerprint density at radius 3 is 2.37 bits per heavy atom. The monoisotopic (exact) mass is 274 g/mol. The van der Waals surface area contributed by atoms with Crippen molar-refractivity contribution in [2.24, 2.45) is 0 Å². The van der Waals surface area contributed by atoms with Crippen molar-refractivity contribution < 1.29 is 42.8 Å². The third-order valence-corrected chi connectivity index (χ3v) is 3.13. The van der Waals surface area contributed by atoms with Gasteiger partial charge in [0.1, 0.15) is 13.2 Å². The lowest BCUT2D eigenvalue weighted by Crippen LogP contribution is -2.51. The van der Waals surface area contributed by atoms with Crippen LogP contribution in [-0.4, -0.2) is 55.6 Å². The van der Waals surface area contributed by atoms with Gasteiger partial charge in [-0.2, -0.15) is 0 Å². The molecule has 3 saturated heterocycles. The van der Waals surface area contributed by atoms with Gasteiger partial charge < -0.3 is 28.4 Å². The van der Waals surface area contributed by atoms with E-state index in [9.17, 15) is 14.4 Å². The lowest BCUT2D eigenvalue weighted by molar-refractivity contribution is -0.0668. The molecule has 0 radical (unpaired) electrons. The van der Waals surface area contributed by atoms with Crippen LogP contribution in [-0.2, 0) is 28.4 Å². The van der Waals surface area contributed by atoms with Crippen LogP contribution in [0.5, 0.6) is 0 Å². The smallest absolute Gasteiger partial charge is 0.430 e. The molecule has 0 N–H and O–H groups in total. The van der Waals surface area contributed by atoms with E-state index in [2.05, 4.69) is 4.74 Å². The molecule has 4 unspecified atom stereocenters. The number of rotatable bonds is 2. The SMILES string of the molecule is CC1(C2OC(=O)OC2C2COC(=O)O2)COC(=O)O1. The van der Waals surface area contributed by atoms with Crippen LogP contribution in [0.4, 0.5) is 14.4 Å². The molecule has 3 rings (SSSR count). The molecule has 9 heteroatoms. The van der Waals surface area contributed by atoms with Crippen LogP contribution in [0.3, 0.4) is 0 Å². The van der Waals surface area contributed by atoms with Crippen molar-refractivity contribution in [3.8, 4) is 0 Å². The van der Waals surface area contributed by atoms with E-state index < -0.39 is 42.4 Å². The number of carbonyl (C=O) groups is 3. The third kappa shape index (κ3) is 1.90. The Morgan fingerprint density at radius 2 is 1.79 bits per heavy atom. The number of cyclic esters (lactones) is 6. The average molecular weight is 274 g/mol. The Hall–Kier alpha value is -2.19. The summed E-state index contributed by atoms with van der Waals surface area (Å²) in [5.74, 6) is 0. The van der Waals surface area contributed by atoms with Crippen molar-refractivity contribution in [2.75, 3.05) is 13.2 Å². The highest BCUT2D eigenvalue weighted by Gasteiger charge is 2.59. The lowest BCUT2D eigenvalue weighted by atomic mass is 9.93. The number of carbonyl (C=O) groups excluding carboxylic acids is 3. The fraction of sp³-hybridized carbons (Fsp3) is 0.700. The maximum atomic E-state index is 11.3. The second kappa shape index (κ2) is 3.90. The van der Waals surface area contributed by atoms with E-state index in [0.717, 1.165) is 0 Å². The summed E-state index contributed by atoms with van der Waals surface area (Å²) in [6, 6.07) is 0. The summed E-state index contributed by atoms with van der Waals surface area (Å²) in [7, 11) is 0. The predicted octanol–water partition coefficient (Wildman–Crippen LogP) is 0.351. The Labute approximate surface area is 106 Å². The molecule has 104 valence electrons. The first kappa shape index (κ1) is 11.9. The van der Waals surface area contributed by atoms with E-state index in [1.165, 1.54) is 6.92 Å². The van der Waals surface area contributed by atoms with Crippen LogP contribution in [0.1, 0.15) is 6.92 Å². The molecule has 0 saturated carbocycles. The zero-order chi connectivity index (χ0) is 13.6. The van der Waals surface area contributed by atoms with Gasteiger partial charge in [-0.05, 0) is 6.92 Å². The van der Waals surface area contributed by atoms with Crippen molar-refractivity contribution in [1.82, 2.24) is 0 Å². The standard InChI is InChI=1S/C10H10O9/c1-10(3-15-8(12)19-10)6-5(17-9(13)18-6)4-2-14-7(11)16-4/h4-6H,2-3H2,1H3. The Balaban J connectivity index is 1.80. The van der Waals surface area contributed by atoms with Crippen LogP contribution in [0.25, 0.3) is 0 Å². The first-order valence-corrected chi connectivity index (χ1v) is 5.54. The first-order valence-electron chi connectivity index (χ1n) is 5.54. The zero-order valence-corrected chi connectivity index (χ0v) is 9.82. The zero-order valence-electron chi connectivity index (χ0n) is 9.82. The molecule has 3 aliphatic heterocycles. The number of hydrogen-bond acceptors (Lipinski definition) is 9. The van der Waals surface area contributed by atoms with Gasteiger partial charge in [-0.3, -0.25) is 0 Å². The van der Waals surface area contributed by atoms with E-state index in [0.29, 0.717) is 0 Å². The van der Waals surface area contributed by atoms with Crippen LogP contribution in [0.15, 0.2) is 0 Å². The van der Waals surface area contributed by atoms with Gasteiger partial charge in [0.2, 0.25) is 0 Å². The molecule has 0 aliphatic carbocycles. The van der Waals surface area contributed by atoms with Crippen molar-refractivity contribution in [1.29, 1.82) is 0 Å². The second-order valence-corrected chi connectivity index (χ2v) is 4.54. The van der Waals surface area contributed by atoms with Crippen LogP contribution in [0, 0.1) is 0 Å². The molecule has 3 aliphatic rings. The van der Waals surface area contributed by atoms with E-state index >= 15 is 0 Å². The fourth-order valence-electron chi connectivity index (χ4n) is 2.21. The van der Waals surface area contributed by atoms with Gasteiger partial charge in [0, 0.05) is 0 Å². The molecule has 19 heavy (non-hydrogen) atoms. The number of hydrogen-bond donors (Lipinski definition) is 0. The van der Waals surface area contributed by atoms with Crippen LogP contribution >= 0.6 is 0 Å². The summed E-state index contributed by atoms with van der Waals surface area (Å²) in [4.78, 5) is 33.2. The summed E-state index contributed by atoms with van der Waals surface area (Å²) in [5, 5.41) is 0. The number of ether oxygens (including phenoxy) is 6. The van der Waals surface area contributed by atoms with E-state index in [1.807, 2.05) is 0 Å². The first-order chi connectivity index (χ1) is 8.98. The molecule has 9 nitrogen and oxygen atoms in total. The molecule has 3 heterocycles. The van der Waals surface area contributed by atoms with Gasteiger partial charge in [-0.25, -0.2) is 14.4 Å². The van der Waals surface area contributed by atoms with E-state index in [-0.39, 0.29) is 13.2 Å². The van der Waals surface area contributed by atoms with Crippen molar-refractivity contribution in [3.05, 3.63) is 0 Å². The van der Waals surface area contributed by atoms with Gasteiger partial charge >= 0.3 is 18.5 Å². The molecule has 0 spiro atoms. The highest BCUT2D eigenvalue weighted by atomic mass is 16.8. The maximum Gasteiger partial charge on any atom is 0.509 e. The predicted molar refractivity (Wildman–Crippen MR) is 52.2 cm³/mol. The van der Waals surface area contributed by atoms with Crippen LogP contribution in [0.2, 0.25) is 0 Å². The van der Waals surface area contributed by atoms with Crippen molar-refractivity contribution >= 4 is 18.5 Å². The van der Waals surface area contributed by atoms with E-state index in [1.54, 1.807) is 0 Å². The molecule has 3 fully saturated rings. The van der Waals surface area contributed by atoms with Gasteiger partial charge in [-0.15, -0.1) is 0 Å². The summed E-state index contributed by atoms with van der Waals surface area (Å²) in [6.07, 6.45) is -5.30. The molecule has 0 bridgehead atoms. The van der Waals surface area contributed by atoms with Crippen LogP contribution < -0.4 is 0 Å². The molecular weight excluding hydrogens is 264 g/mol. The highest BCUT2D eigenvalue weighted by Crippen LogP contribution is 2.35. The molecule has 0 aromatic heterocycles. The van der Waals surface area contributed by atoms with Gasteiger partial charge in [0.05, 0.1) is 0 Å². The fourth-order valence-corrected chi connectivity index (χ4v) is 2.21. The lowest BCUT2D eigenvalue weighted by Gasteiger charge is -2.28. The quantitative estimate of drug-likeness (QED) is 0.520. The maximum absolute atomic E-state index is 11.3. The summed E-state index contributed by atoms with van der Waals surface area (Å²) < 4.78 is 29.1. The van der Waals surface area contributed by atoms with Crippen molar-refractivity contribution in [2.45, 2.75) is 30.8 Å². The van der Waals surface area contributed by atoms with Gasteiger partial charge in [-0.1, -0.05) is 0 Å². The minimum absolute atomic E-state index is 0.0679. The second-order valence-electron chi connectivity index (χ2n) is 4.54. The molecule has 0 aromatic rings. The minimum atomic E-state index is -1.19. The molecular formula is C10H10O9. The Morgan fingerprint density at radius 1 is 1.00 bits per heavy atom. The van der Waals surface area contributed by atoms with Crippen molar-refractivity contribution in [3.63, 3.8) is 0 Å². The summed E-state index contributed by atoms with van der Waals surface area (Å²) >= 11 is 0. The minimum Gasteiger partial charge on any atom is -0.430 e. The summed E-state index contributed by atoms with van der Waals surface area (Å²) in [5.41, 5.74) is -1.19. The van der Waals surface area contributed by atoms with E-state index in [4.69, 9.17) is 23.7 Å². The average Bonchev–Trinajstić information content (AvgIpc) is 3.00. The Bertz CT molecular complexity index is 446.